The Morgan fingerprint density at radius 2 is 1.67 bits per heavy atom. The molecule has 1 heterocycles. The smallest absolute Gasteiger partial charge is 0.322 e. The normalized spacial score (nSPS) is 15.3. The number of carbonyl (C=O) groups is 1. The predicted octanol–water partition coefficient (Wildman–Crippen LogP) is 3.97. The zero-order valence-electron chi connectivity index (χ0n) is 14.7. The number of hydrogen-bond acceptors (Lipinski definition) is 2. The molecule has 0 atom stereocenters. The molecule has 0 saturated carbocycles. The molecular formula is C20H20F3N3O. The third-order valence-corrected chi connectivity index (χ3v) is 4.41. The Labute approximate surface area is 155 Å². The second kappa shape index (κ2) is 8.73. The fraction of sp³-hybridized carbons (Fsp3) is 0.250. The van der Waals surface area contributed by atoms with Gasteiger partial charge in [0, 0.05) is 32.7 Å². The van der Waals surface area contributed by atoms with Crippen LogP contribution in [0.2, 0.25) is 0 Å². The Bertz CT molecular complexity index is 819. The molecule has 0 aromatic heterocycles. The van der Waals surface area contributed by atoms with Gasteiger partial charge in [-0.2, -0.15) is 0 Å². The zero-order valence-corrected chi connectivity index (χ0v) is 14.7. The second-order valence-electron chi connectivity index (χ2n) is 6.25. The van der Waals surface area contributed by atoms with Gasteiger partial charge in [0.25, 0.3) is 0 Å². The number of halogens is 3. The summed E-state index contributed by atoms with van der Waals surface area (Å²) >= 11 is 0. The van der Waals surface area contributed by atoms with Crippen molar-refractivity contribution in [3.05, 3.63) is 71.6 Å². The van der Waals surface area contributed by atoms with Gasteiger partial charge < -0.3 is 10.2 Å². The SMILES string of the molecule is O=C(Nc1ccc(F)c(F)c1F)N1CCN(C/C=C/c2ccccc2)CC1. The van der Waals surface area contributed by atoms with Gasteiger partial charge in [0.05, 0.1) is 5.69 Å². The summed E-state index contributed by atoms with van der Waals surface area (Å²) in [6.07, 6.45) is 4.12. The molecule has 0 aliphatic carbocycles. The average molecular weight is 375 g/mol. The minimum atomic E-state index is -1.59. The molecular weight excluding hydrogens is 355 g/mol. The van der Waals surface area contributed by atoms with E-state index in [1.54, 1.807) is 0 Å². The van der Waals surface area contributed by atoms with E-state index in [-0.39, 0.29) is 5.69 Å². The highest BCUT2D eigenvalue weighted by Crippen LogP contribution is 2.20. The van der Waals surface area contributed by atoms with Crippen molar-refractivity contribution in [3.63, 3.8) is 0 Å². The largest absolute Gasteiger partial charge is 0.322 e. The van der Waals surface area contributed by atoms with E-state index < -0.39 is 23.5 Å². The predicted molar refractivity (Wildman–Crippen MR) is 98.8 cm³/mol. The minimum Gasteiger partial charge on any atom is -0.322 e. The monoisotopic (exact) mass is 375 g/mol. The summed E-state index contributed by atoms with van der Waals surface area (Å²) < 4.78 is 39.9. The molecule has 0 bridgehead atoms. The van der Waals surface area contributed by atoms with Crippen molar-refractivity contribution in [2.24, 2.45) is 0 Å². The summed E-state index contributed by atoms with van der Waals surface area (Å²) in [5.41, 5.74) is 0.760. The van der Waals surface area contributed by atoms with Crippen LogP contribution in [0.5, 0.6) is 0 Å². The van der Waals surface area contributed by atoms with Gasteiger partial charge in [0.2, 0.25) is 0 Å². The minimum absolute atomic E-state index is 0.368. The maximum Gasteiger partial charge on any atom is 0.322 e. The van der Waals surface area contributed by atoms with Crippen LogP contribution in [0.4, 0.5) is 23.7 Å². The first-order chi connectivity index (χ1) is 13.0. The molecule has 1 aliphatic rings. The first-order valence-electron chi connectivity index (χ1n) is 8.68. The van der Waals surface area contributed by atoms with E-state index in [0.717, 1.165) is 24.2 Å². The van der Waals surface area contributed by atoms with Gasteiger partial charge in [0.1, 0.15) is 0 Å². The van der Waals surface area contributed by atoms with Crippen molar-refractivity contribution < 1.29 is 18.0 Å². The molecule has 27 heavy (non-hydrogen) atoms. The number of piperazine rings is 1. The second-order valence-corrected chi connectivity index (χ2v) is 6.25. The van der Waals surface area contributed by atoms with Crippen molar-refractivity contribution in [2.75, 3.05) is 38.0 Å². The molecule has 2 amide bonds. The van der Waals surface area contributed by atoms with Crippen LogP contribution in [0.1, 0.15) is 5.56 Å². The van der Waals surface area contributed by atoms with Gasteiger partial charge in [-0.05, 0) is 17.7 Å². The molecule has 7 heteroatoms. The Morgan fingerprint density at radius 3 is 2.37 bits per heavy atom. The molecule has 0 unspecified atom stereocenters. The number of urea groups is 1. The van der Waals surface area contributed by atoms with E-state index in [2.05, 4.69) is 16.3 Å². The topological polar surface area (TPSA) is 35.6 Å². The molecule has 2 aromatic rings. The van der Waals surface area contributed by atoms with Crippen molar-refractivity contribution in [3.8, 4) is 0 Å². The van der Waals surface area contributed by atoms with Gasteiger partial charge in [-0.25, -0.2) is 18.0 Å². The van der Waals surface area contributed by atoms with Crippen molar-refractivity contribution >= 4 is 17.8 Å². The first kappa shape index (κ1) is 19.0. The summed E-state index contributed by atoms with van der Waals surface area (Å²) in [5.74, 6) is -4.28. The van der Waals surface area contributed by atoms with E-state index in [4.69, 9.17) is 0 Å². The lowest BCUT2D eigenvalue weighted by Gasteiger charge is -2.34. The third kappa shape index (κ3) is 4.89. The van der Waals surface area contributed by atoms with Gasteiger partial charge in [-0.3, -0.25) is 4.90 Å². The van der Waals surface area contributed by atoms with Crippen molar-refractivity contribution in [1.29, 1.82) is 0 Å². The lowest BCUT2D eigenvalue weighted by atomic mass is 10.2. The number of anilines is 1. The van der Waals surface area contributed by atoms with Crippen LogP contribution in [0.15, 0.2) is 48.5 Å². The number of amides is 2. The molecule has 3 rings (SSSR count). The first-order valence-corrected chi connectivity index (χ1v) is 8.68. The van der Waals surface area contributed by atoms with E-state index >= 15 is 0 Å². The maximum atomic E-state index is 13.7. The highest BCUT2D eigenvalue weighted by Gasteiger charge is 2.22. The lowest BCUT2D eigenvalue weighted by molar-refractivity contribution is 0.155. The highest BCUT2D eigenvalue weighted by atomic mass is 19.2. The summed E-state index contributed by atoms with van der Waals surface area (Å²) in [5, 5.41) is 2.30. The molecule has 1 fully saturated rings. The van der Waals surface area contributed by atoms with Gasteiger partial charge in [-0.15, -0.1) is 0 Å². The van der Waals surface area contributed by atoms with Crippen LogP contribution in [-0.2, 0) is 0 Å². The summed E-state index contributed by atoms with van der Waals surface area (Å²) in [7, 11) is 0. The number of nitrogens with one attached hydrogen (secondary N) is 1. The fourth-order valence-electron chi connectivity index (χ4n) is 2.85. The van der Waals surface area contributed by atoms with E-state index in [1.807, 2.05) is 36.4 Å². The van der Waals surface area contributed by atoms with Crippen LogP contribution >= 0.6 is 0 Å². The number of benzene rings is 2. The molecule has 0 spiro atoms. The van der Waals surface area contributed by atoms with E-state index in [0.29, 0.717) is 26.2 Å². The van der Waals surface area contributed by atoms with Crippen molar-refractivity contribution in [1.82, 2.24) is 9.80 Å². The van der Waals surface area contributed by atoms with Crippen LogP contribution in [0.25, 0.3) is 6.08 Å². The molecule has 1 saturated heterocycles. The summed E-state index contributed by atoms with van der Waals surface area (Å²) in [4.78, 5) is 15.9. The molecule has 4 nitrogen and oxygen atoms in total. The number of carbonyl (C=O) groups excluding carboxylic acids is 1. The Morgan fingerprint density at radius 1 is 0.963 bits per heavy atom. The fourth-order valence-corrected chi connectivity index (χ4v) is 2.85. The number of hydrogen-bond donors (Lipinski definition) is 1. The number of nitrogens with zero attached hydrogens (tertiary/aromatic N) is 2. The van der Waals surface area contributed by atoms with Gasteiger partial charge >= 0.3 is 6.03 Å². The van der Waals surface area contributed by atoms with Crippen LogP contribution < -0.4 is 5.32 Å². The van der Waals surface area contributed by atoms with Crippen LogP contribution in [0.3, 0.4) is 0 Å². The molecule has 1 N–H and O–H groups in total. The van der Waals surface area contributed by atoms with E-state index in [9.17, 15) is 18.0 Å². The van der Waals surface area contributed by atoms with Gasteiger partial charge in [-0.1, -0.05) is 42.5 Å². The molecule has 2 aromatic carbocycles. The van der Waals surface area contributed by atoms with Crippen molar-refractivity contribution in [2.45, 2.75) is 0 Å². The standard InChI is InChI=1S/C20H20F3N3O/c21-16-8-9-17(19(23)18(16)22)24-20(27)26-13-11-25(12-14-26)10-4-7-15-5-2-1-3-6-15/h1-9H,10-14H2,(H,24,27)/b7-4+. The lowest BCUT2D eigenvalue weighted by Crippen LogP contribution is -2.50. The molecule has 0 radical (unpaired) electrons. The number of rotatable bonds is 4. The zero-order chi connectivity index (χ0) is 19.2. The van der Waals surface area contributed by atoms with Gasteiger partial charge in [0.15, 0.2) is 17.5 Å². The molecule has 1 aliphatic heterocycles. The Balaban J connectivity index is 1.48. The maximum absolute atomic E-state index is 13.7. The molecule has 142 valence electrons. The summed E-state index contributed by atoms with van der Waals surface area (Å²) in [6, 6.07) is 11.2. The van der Waals surface area contributed by atoms with E-state index in [1.165, 1.54) is 4.90 Å². The highest BCUT2D eigenvalue weighted by molar-refractivity contribution is 5.89. The van der Waals surface area contributed by atoms with Crippen LogP contribution in [0, 0.1) is 17.5 Å². The third-order valence-electron chi connectivity index (χ3n) is 4.41. The Hall–Kier alpha value is -2.80. The quantitative estimate of drug-likeness (QED) is 0.821. The summed E-state index contributed by atoms with van der Waals surface area (Å²) in [6.45, 7) is 3.05. The van der Waals surface area contributed by atoms with Crippen LogP contribution in [-0.4, -0.2) is 48.6 Å². The average Bonchev–Trinajstić information content (AvgIpc) is 2.70. The Kier molecular flexibility index (Phi) is 6.13.